The summed E-state index contributed by atoms with van der Waals surface area (Å²) in [5, 5.41) is 6.70. The standard InChI is InChI=1S/C32H32O3/c1-5-21-29(32(35-8-4)27-20-14-13-19-26(27)30(21)33-6-2)28-22-15-9-11-17-24(22)31(34-7-3)25-18-12-10-16-23(25)28/h9-20H,5-8H2,1-4H3. The van der Waals surface area contributed by atoms with E-state index < -0.39 is 0 Å². The fourth-order valence-corrected chi connectivity index (χ4v) is 5.29. The second-order valence-electron chi connectivity index (χ2n) is 8.51. The van der Waals surface area contributed by atoms with Gasteiger partial charge in [-0.3, -0.25) is 0 Å². The number of hydrogen-bond acceptors (Lipinski definition) is 3. The zero-order valence-electron chi connectivity index (χ0n) is 21.0. The number of rotatable bonds is 8. The van der Waals surface area contributed by atoms with Crippen LogP contribution in [0.3, 0.4) is 0 Å². The molecule has 3 nitrogen and oxygen atoms in total. The van der Waals surface area contributed by atoms with Gasteiger partial charge in [-0.25, -0.2) is 0 Å². The Balaban J connectivity index is 2.05. The first-order chi connectivity index (χ1) is 17.2. The van der Waals surface area contributed by atoms with E-state index in [1.54, 1.807) is 0 Å². The molecule has 0 radical (unpaired) electrons. The third-order valence-corrected chi connectivity index (χ3v) is 6.57. The highest BCUT2D eigenvalue weighted by Gasteiger charge is 2.26. The summed E-state index contributed by atoms with van der Waals surface area (Å²) >= 11 is 0. The maximum absolute atomic E-state index is 6.47. The van der Waals surface area contributed by atoms with Gasteiger partial charge in [0, 0.05) is 38.2 Å². The van der Waals surface area contributed by atoms with E-state index in [4.69, 9.17) is 14.2 Å². The summed E-state index contributed by atoms with van der Waals surface area (Å²) in [4.78, 5) is 0. The first-order valence-electron chi connectivity index (χ1n) is 12.6. The summed E-state index contributed by atoms with van der Waals surface area (Å²) in [5.41, 5.74) is 3.46. The molecule has 0 aliphatic carbocycles. The molecule has 3 heteroatoms. The van der Waals surface area contributed by atoms with E-state index in [2.05, 4.69) is 86.6 Å². The molecule has 0 aliphatic heterocycles. The Labute approximate surface area is 207 Å². The lowest BCUT2D eigenvalue weighted by molar-refractivity contribution is 0.335. The Morgan fingerprint density at radius 1 is 0.429 bits per heavy atom. The molecule has 0 aromatic heterocycles. The van der Waals surface area contributed by atoms with Gasteiger partial charge in [0.05, 0.1) is 19.8 Å². The highest BCUT2D eigenvalue weighted by atomic mass is 16.5. The molecule has 0 aliphatic rings. The van der Waals surface area contributed by atoms with Crippen LogP contribution in [0.25, 0.3) is 43.4 Å². The first-order valence-corrected chi connectivity index (χ1v) is 12.6. The molecule has 5 rings (SSSR count). The van der Waals surface area contributed by atoms with Crippen LogP contribution < -0.4 is 14.2 Å². The lowest BCUT2D eigenvalue weighted by Crippen LogP contribution is -2.05. The summed E-state index contributed by atoms with van der Waals surface area (Å²) in [7, 11) is 0. The van der Waals surface area contributed by atoms with Crippen LogP contribution in [0.5, 0.6) is 17.2 Å². The zero-order chi connectivity index (χ0) is 24.4. The molecule has 0 fully saturated rings. The molecule has 0 amide bonds. The van der Waals surface area contributed by atoms with Crippen LogP contribution >= 0.6 is 0 Å². The Hall–Kier alpha value is -3.72. The molecule has 0 saturated carbocycles. The summed E-state index contributed by atoms with van der Waals surface area (Å²) in [6.07, 6.45) is 0.825. The molecule has 0 atom stereocenters. The maximum Gasteiger partial charge on any atom is 0.135 e. The van der Waals surface area contributed by atoms with Gasteiger partial charge < -0.3 is 14.2 Å². The van der Waals surface area contributed by atoms with Crippen molar-refractivity contribution in [2.45, 2.75) is 34.1 Å². The second-order valence-corrected chi connectivity index (χ2v) is 8.51. The average Bonchev–Trinajstić information content (AvgIpc) is 2.90. The Bertz CT molecular complexity index is 1460. The fraction of sp³-hybridized carbons (Fsp3) is 0.250. The molecule has 0 bridgehead atoms. The minimum atomic E-state index is 0.584. The number of hydrogen-bond donors (Lipinski definition) is 0. The van der Waals surface area contributed by atoms with Crippen molar-refractivity contribution in [3.63, 3.8) is 0 Å². The normalized spacial score (nSPS) is 11.3. The van der Waals surface area contributed by atoms with Crippen molar-refractivity contribution in [1.29, 1.82) is 0 Å². The molecule has 0 spiro atoms. The van der Waals surface area contributed by atoms with Gasteiger partial charge >= 0.3 is 0 Å². The summed E-state index contributed by atoms with van der Waals surface area (Å²) in [6, 6.07) is 25.5. The van der Waals surface area contributed by atoms with Gasteiger partial charge in [-0.2, -0.15) is 0 Å². The largest absolute Gasteiger partial charge is 0.493 e. The third kappa shape index (κ3) is 3.76. The number of benzene rings is 5. The van der Waals surface area contributed by atoms with Crippen LogP contribution in [-0.2, 0) is 6.42 Å². The monoisotopic (exact) mass is 464 g/mol. The molecular weight excluding hydrogens is 432 g/mol. The van der Waals surface area contributed by atoms with Gasteiger partial charge in [0.25, 0.3) is 0 Å². The minimum Gasteiger partial charge on any atom is -0.493 e. The van der Waals surface area contributed by atoms with Crippen LogP contribution in [0.15, 0.2) is 72.8 Å². The number of fused-ring (bicyclic) bond motifs is 3. The number of ether oxygens (including phenoxy) is 3. The lowest BCUT2D eigenvalue weighted by Gasteiger charge is -2.24. The van der Waals surface area contributed by atoms with E-state index in [-0.39, 0.29) is 0 Å². The Kier molecular flexibility index (Phi) is 6.50. The smallest absolute Gasteiger partial charge is 0.135 e. The van der Waals surface area contributed by atoms with Crippen molar-refractivity contribution in [1.82, 2.24) is 0 Å². The Morgan fingerprint density at radius 3 is 1.26 bits per heavy atom. The van der Waals surface area contributed by atoms with Crippen molar-refractivity contribution < 1.29 is 14.2 Å². The van der Waals surface area contributed by atoms with Gasteiger partial charge in [-0.1, -0.05) is 79.7 Å². The third-order valence-electron chi connectivity index (χ3n) is 6.57. The molecular formula is C32H32O3. The fourth-order valence-electron chi connectivity index (χ4n) is 5.29. The summed E-state index contributed by atoms with van der Waals surface area (Å²) in [5.74, 6) is 2.80. The minimum absolute atomic E-state index is 0.584. The van der Waals surface area contributed by atoms with Crippen LogP contribution in [-0.4, -0.2) is 19.8 Å². The van der Waals surface area contributed by atoms with Gasteiger partial charge in [0.2, 0.25) is 0 Å². The van der Waals surface area contributed by atoms with Gasteiger partial charge in [-0.05, 0) is 38.0 Å². The summed E-state index contributed by atoms with van der Waals surface area (Å²) < 4.78 is 19.0. The van der Waals surface area contributed by atoms with Crippen molar-refractivity contribution in [3.8, 4) is 28.4 Å². The quantitative estimate of drug-likeness (QED) is 0.215. The van der Waals surface area contributed by atoms with Gasteiger partial charge in [-0.15, -0.1) is 0 Å². The molecule has 0 heterocycles. The molecule has 0 unspecified atom stereocenters. The Morgan fingerprint density at radius 2 is 0.800 bits per heavy atom. The van der Waals surface area contributed by atoms with Crippen molar-refractivity contribution in [3.05, 3.63) is 78.4 Å². The molecule has 0 saturated heterocycles. The van der Waals surface area contributed by atoms with E-state index >= 15 is 0 Å². The van der Waals surface area contributed by atoms with Crippen molar-refractivity contribution >= 4 is 32.3 Å². The van der Waals surface area contributed by atoms with Crippen LogP contribution in [0, 0.1) is 0 Å². The molecule has 5 aromatic carbocycles. The zero-order valence-corrected chi connectivity index (χ0v) is 21.0. The highest BCUT2D eigenvalue weighted by Crippen LogP contribution is 2.52. The van der Waals surface area contributed by atoms with Crippen LogP contribution in [0.2, 0.25) is 0 Å². The van der Waals surface area contributed by atoms with E-state index in [1.807, 2.05) is 13.8 Å². The van der Waals surface area contributed by atoms with Crippen LogP contribution in [0.1, 0.15) is 33.3 Å². The van der Waals surface area contributed by atoms with Gasteiger partial charge in [0.15, 0.2) is 0 Å². The predicted octanol–water partition coefficient (Wildman–Crippen LogP) is 8.57. The van der Waals surface area contributed by atoms with Gasteiger partial charge in [0.1, 0.15) is 17.2 Å². The molecule has 5 aromatic rings. The topological polar surface area (TPSA) is 27.7 Å². The first kappa shape index (κ1) is 23.0. The second kappa shape index (κ2) is 9.87. The SMILES string of the molecule is CCOc1c(CC)c(-c2c3ccccc3c(OCC)c3ccccc23)c(OCC)c2ccccc12. The van der Waals surface area contributed by atoms with E-state index in [0.717, 1.165) is 61.6 Å². The lowest BCUT2D eigenvalue weighted by atomic mass is 9.85. The molecule has 0 N–H and O–H groups in total. The van der Waals surface area contributed by atoms with E-state index in [9.17, 15) is 0 Å². The highest BCUT2D eigenvalue weighted by molar-refractivity contribution is 6.19. The van der Waals surface area contributed by atoms with E-state index in [1.165, 1.54) is 11.1 Å². The predicted molar refractivity (Wildman–Crippen MR) is 147 cm³/mol. The average molecular weight is 465 g/mol. The van der Waals surface area contributed by atoms with Crippen molar-refractivity contribution in [2.75, 3.05) is 19.8 Å². The molecule has 178 valence electrons. The molecule has 35 heavy (non-hydrogen) atoms. The van der Waals surface area contributed by atoms with E-state index in [0.29, 0.717) is 19.8 Å². The summed E-state index contributed by atoms with van der Waals surface area (Å²) in [6.45, 7) is 10.1. The maximum atomic E-state index is 6.47. The van der Waals surface area contributed by atoms with Crippen molar-refractivity contribution in [2.24, 2.45) is 0 Å². The van der Waals surface area contributed by atoms with Crippen LogP contribution in [0.4, 0.5) is 0 Å².